The summed E-state index contributed by atoms with van der Waals surface area (Å²) < 4.78 is 10.8. The molecule has 0 radical (unpaired) electrons. The first-order chi connectivity index (χ1) is 12.6. The molecule has 6 heteroatoms. The Morgan fingerprint density at radius 1 is 1.12 bits per heavy atom. The first-order valence-electron chi connectivity index (χ1n) is 8.49. The van der Waals surface area contributed by atoms with Gasteiger partial charge in [-0.25, -0.2) is 0 Å². The highest BCUT2D eigenvalue weighted by atomic mass is 35.5. The molecule has 0 aliphatic rings. The number of amides is 1. The Hall–Kier alpha value is -1.85. The van der Waals surface area contributed by atoms with Crippen LogP contribution in [0, 0.1) is 0 Å². The Bertz CT molecular complexity index is 676. The summed E-state index contributed by atoms with van der Waals surface area (Å²) in [4.78, 5) is 12.1. The standard InChI is InChI=1S/C20H24ClNO3S/c1-15(26-14-13-25-19-9-5-17(21)6-10-19)20(23)22-12-11-16-3-7-18(24-2)8-4-16/h3-10,15H,11-14H2,1-2H3,(H,22,23). The molecule has 1 unspecified atom stereocenters. The van der Waals surface area contributed by atoms with Crippen molar-refractivity contribution >= 4 is 29.3 Å². The van der Waals surface area contributed by atoms with Crippen LogP contribution in [-0.4, -0.2) is 37.2 Å². The Balaban J connectivity index is 1.60. The van der Waals surface area contributed by atoms with Crippen molar-refractivity contribution in [3.05, 3.63) is 59.1 Å². The minimum absolute atomic E-state index is 0.0509. The van der Waals surface area contributed by atoms with Crippen LogP contribution in [-0.2, 0) is 11.2 Å². The van der Waals surface area contributed by atoms with E-state index < -0.39 is 0 Å². The monoisotopic (exact) mass is 393 g/mol. The number of carbonyl (C=O) groups is 1. The summed E-state index contributed by atoms with van der Waals surface area (Å²) in [6.45, 7) is 3.09. The van der Waals surface area contributed by atoms with Crippen molar-refractivity contribution in [2.24, 2.45) is 0 Å². The van der Waals surface area contributed by atoms with E-state index in [2.05, 4.69) is 5.32 Å². The van der Waals surface area contributed by atoms with E-state index in [4.69, 9.17) is 21.1 Å². The summed E-state index contributed by atoms with van der Waals surface area (Å²) >= 11 is 7.41. The lowest BCUT2D eigenvalue weighted by Gasteiger charge is -2.12. The first-order valence-corrected chi connectivity index (χ1v) is 9.92. The lowest BCUT2D eigenvalue weighted by molar-refractivity contribution is -0.120. The number of rotatable bonds is 10. The summed E-state index contributed by atoms with van der Waals surface area (Å²) in [5.74, 6) is 2.42. The van der Waals surface area contributed by atoms with Gasteiger partial charge in [0.15, 0.2) is 0 Å². The number of hydrogen-bond donors (Lipinski definition) is 1. The molecule has 4 nitrogen and oxygen atoms in total. The van der Waals surface area contributed by atoms with E-state index in [0.29, 0.717) is 18.2 Å². The number of hydrogen-bond acceptors (Lipinski definition) is 4. The number of thioether (sulfide) groups is 1. The zero-order chi connectivity index (χ0) is 18.8. The second-order valence-corrected chi connectivity index (χ2v) is 7.59. The lowest BCUT2D eigenvalue weighted by Crippen LogP contribution is -2.32. The van der Waals surface area contributed by atoms with Crippen LogP contribution in [0.2, 0.25) is 5.02 Å². The van der Waals surface area contributed by atoms with Gasteiger partial charge in [0.1, 0.15) is 11.5 Å². The molecule has 0 saturated carbocycles. The van der Waals surface area contributed by atoms with E-state index in [-0.39, 0.29) is 11.2 Å². The molecular formula is C20H24ClNO3S. The molecule has 0 saturated heterocycles. The van der Waals surface area contributed by atoms with E-state index in [1.54, 1.807) is 31.0 Å². The number of benzene rings is 2. The minimum atomic E-state index is -0.111. The van der Waals surface area contributed by atoms with Gasteiger partial charge in [0.2, 0.25) is 5.91 Å². The van der Waals surface area contributed by atoms with E-state index in [1.165, 1.54) is 5.56 Å². The highest BCUT2D eigenvalue weighted by Gasteiger charge is 2.12. The van der Waals surface area contributed by atoms with Crippen LogP contribution in [0.1, 0.15) is 12.5 Å². The molecule has 140 valence electrons. The minimum Gasteiger partial charge on any atom is -0.497 e. The van der Waals surface area contributed by atoms with Crippen LogP contribution in [0.5, 0.6) is 11.5 Å². The number of ether oxygens (including phenoxy) is 2. The normalized spacial score (nSPS) is 11.7. The van der Waals surface area contributed by atoms with Crippen molar-refractivity contribution in [3.8, 4) is 11.5 Å². The lowest BCUT2D eigenvalue weighted by atomic mass is 10.1. The molecule has 0 aromatic heterocycles. The fourth-order valence-corrected chi connectivity index (χ4v) is 3.15. The molecule has 1 amide bonds. The van der Waals surface area contributed by atoms with Crippen molar-refractivity contribution in [1.29, 1.82) is 0 Å². The van der Waals surface area contributed by atoms with Gasteiger partial charge in [-0.3, -0.25) is 4.79 Å². The fraction of sp³-hybridized carbons (Fsp3) is 0.350. The van der Waals surface area contributed by atoms with Crippen molar-refractivity contribution in [2.75, 3.05) is 26.0 Å². The van der Waals surface area contributed by atoms with Crippen LogP contribution in [0.4, 0.5) is 0 Å². The highest BCUT2D eigenvalue weighted by molar-refractivity contribution is 8.00. The molecule has 2 aromatic rings. The third-order valence-corrected chi connectivity index (χ3v) is 5.14. The van der Waals surface area contributed by atoms with Crippen molar-refractivity contribution in [1.82, 2.24) is 5.32 Å². The summed E-state index contributed by atoms with van der Waals surface area (Å²) in [5.41, 5.74) is 1.17. The fourth-order valence-electron chi connectivity index (χ4n) is 2.26. The molecule has 0 fully saturated rings. The van der Waals surface area contributed by atoms with Gasteiger partial charge in [-0.15, -0.1) is 11.8 Å². The maximum absolute atomic E-state index is 12.1. The zero-order valence-electron chi connectivity index (χ0n) is 15.0. The topological polar surface area (TPSA) is 47.6 Å². The quantitative estimate of drug-likeness (QED) is 0.614. The van der Waals surface area contributed by atoms with Gasteiger partial charge in [0, 0.05) is 17.3 Å². The van der Waals surface area contributed by atoms with Gasteiger partial charge in [-0.05, 0) is 55.3 Å². The Kier molecular flexibility index (Phi) is 8.65. The highest BCUT2D eigenvalue weighted by Crippen LogP contribution is 2.17. The van der Waals surface area contributed by atoms with Crippen molar-refractivity contribution in [3.63, 3.8) is 0 Å². The van der Waals surface area contributed by atoms with E-state index in [1.807, 2.05) is 43.3 Å². The van der Waals surface area contributed by atoms with E-state index in [0.717, 1.165) is 23.7 Å². The molecule has 0 bridgehead atoms. The third kappa shape index (κ3) is 7.18. The average Bonchev–Trinajstić information content (AvgIpc) is 2.67. The second kappa shape index (κ2) is 11.0. The predicted molar refractivity (Wildman–Crippen MR) is 109 cm³/mol. The van der Waals surface area contributed by atoms with E-state index >= 15 is 0 Å². The Morgan fingerprint density at radius 3 is 2.42 bits per heavy atom. The van der Waals surface area contributed by atoms with Crippen molar-refractivity contribution < 1.29 is 14.3 Å². The third-order valence-electron chi connectivity index (χ3n) is 3.77. The summed E-state index contributed by atoms with van der Waals surface area (Å²) in [6, 6.07) is 15.1. The molecule has 0 spiro atoms. The molecule has 1 atom stereocenters. The van der Waals surface area contributed by atoms with Crippen LogP contribution >= 0.6 is 23.4 Å². The van der Waals surface area contributed by atoms with Gasteiger partial charge in [-0.1, -0.05) is 23.7 Å². The number of methoxy groups -OCH3 is 1. The number of halogens is 1. The van der Waals surface area contributed by atoms with Gasteiger partial charge < -0.3 is 14.8 Å². The first kappa shape index (κ1) is 20.5. The van der Waals surface area contributed by atoms with Gasteiger partial charge in [0.05, 0.1) is 19.0 Å². The van der Waals surface area contributed by atoms with Crippen LogP contribution in [0.3, 0.4) is 0 Å². The smallest absolute Gasteiger partial charge is 0.232 e. The molecule has 0 aliphatic carbocycles. The van der Waals surface area contributed by atoms with E-state index in [9.17, 15) is 4.79 Å². The molecule has 26 heavy (non-hydrogen) atoms. The van der Waals surface area contributed by atoms with Gasteiger partial charge in [0.25, 0.3) is 0 Å². The second-order valence-electron chi connectivity index (χ2n) is 5.70. The maximum Gasteiger partial charge on any atom is 0.232 e. The molecule has 2 aromatic carbocycles. The molecular weight excluding hydrogens is 370 g/mol. The molecule has 0 heterocycles. The molecule has 2 rings (SSSR count). The van der Waals surface area contributed by atoms with Gasteiger partial charge in [-0.2, -0.15) is 0 Å². The SMILES string of the molecule is COc1ccc(CCNC(=O)C(C)SCCOc2ccc(Cl)cc2)cc1. The summed E-state index contributed by atoms with van der Waals surface area (Å²) in [7, 11) is 1.65. The largest absolute Gasteiger partial charge is 0.497 e. The van der Waals surface area contributed by atoms with Gasteiger partial charge >= 0.3 is 0 Å². The van der Waals surface area contributed by atoms with Crippen molar-refractivity contribution in [2.45, 2.75) is 18.6 Å². The van der Waals surface area contributed by atoms with Crippen LogP contribution in [0.25, 0.3) is 0 Å². The van der Waals surface area contributed by atoms with Crippen LogP contribution < -0.4 is 14.8 Å². The number of carbonyl (C=O) groups excluding carboxylic acids is 1. The number of nitrogens with one attached hydrogen (secondary N) is 1. The molecule has 0 aliphatic heterocycles. The summed E-state index contributed by atoms with van der Waals surface area (Å²) in [5, 5.41) is 3.55. The average molecular weight is 394 g/mol. The molecule has 1 N–H and O–H groups in total. The predicted octanol–water partition coefficient (Wildman–Crippen LogP) is 4.21. The Labute approximate surface area is 164 Å². The maximum atomic E-state index is 12.1. The Morgan fingerprint density at radius 2 is 1.77 bits per heavy atom. The van der Waals surface area contributed by atoms with Crippen LogP contribution in [0.15, 0.2) is 48.5 Å². The summed E-state index contributed by atoms with van der Waals surface area (Å²) in [6.07, 6.45) is 0.798. The zero-order valence-corrected chi connectivity index (χ0v) is 16.6.